The highest BCUT2D eigenvalue weighted by Gasteiger charge is 2.13. The van der Waals surface area contributed by atoms with Crippen molar-refractivity contribution in [1.29, 1.82) is 0 Å². The zero-order chi connectivity index (χ0) is 16.2. The normalized spacial score (nSPS) is 11.6. The molecule has 0 saturated heterocycles. The fourth-order valence-electron chi connectivity index (χ4n) is 1.95. The molecule has 0 heterocycles. The van der Waals surface area contributed by atoms with Crippen molar-refractivity contribution in [3.05, 3.63) is 70.2 Å². The predicted molar refractivity (Wildman–Crippen MR) is 82.1 cm³/mol. The maximum atomic E-state index is 13.4. The van der Waals surface area contributed by atoms with E-state index in [0.717, 1.165) is 18.2 Å². The Balaban J connectivity index is 1.96. The minimum Gasteiger partial charge on any atom is -0.215 e. The van der Waals surface area contributed by atoms with E-state index in [9.17, 15) is 17.2 Å². The van der Waals surface area contributed by atoms with E-state index in [1.807, 2.05) is 0 Å². The van der Waals surface area contributed by atoms with Crippen molar-refractivity contribution in [3.8, 4) is 0 Å². The second-order valence-electron chi connectivity index (χ2n) is 4.73. The molecule has 0 unspecified atom stereocenters. The number of hydrogen-bond acceptors (Lipinski definition) is 2. The molecule has 0 saturated carbocycles. The molecular formula is C15H14ClF2NO2S. The minimum atomic E-state index is -3.60. The molecule has 0 aromatic heterocycles. The van der Waals surface area contributed by atoms with E-state index in [2.05, 4.69) is 4.72 Å². The van der Waals surface area contributed by atoms with Gasteiger partial charge in [0, 0.05) is 11.6 Å². The first-order valence-electron chi connectivity index (χ1n) is 6.52. The van der Waals surface area contributed by atoms with E-state index in [-0.39, 0.29) is 24.3 Å². The van der Waals surface area contributed by atoms with E-state index in [4.69, 9.17) is 11.6 Å². The van der Waals surface area contributed by atoms with E-state index in [1.165, 1.54) is 0 Å². The third-order valence-corrected chi connectivity index (χ3v) is 4.73. The van der Waals surface area contributed by atoms with Gasteiger partial charge in [-0.15, -0.1) is 0 Å². The molecule has 0 aliphatic heterocycles. The topological polar surface area (TPSA) is 46.2 Å². The summed E-state index contributed by atoms with van der Waals surface area (Å²) in [5.74, 6) is -1.39. The fraction of sp³-hybridized carbons (Fsp3) is 0.200. The zero-order valence-corrected chi connectivity index (χ0v) is 13.1. The lowest BCUT2D eigenvalue weighted by atomic mass is 10.1. The van der Waals surface area contributed by atoms with Gasteiger partial charge in [0.15, 0.2) is 0 Å². The van der Waals surface area contributed by atoms with Crippen molar-refractivity contribution in [1.82, 2.24) is 4.72 Å². The molecular weight excluding hydrogens is 332 g/mol. The summed E-state index contributed by atoms with van der Waals surface area (Å²) in [6.07, 6.45) is 0.0609. The van der Waals surface area contributed by atoms with Gasteiger partial charge in [0.2, 0.25) is 10.0 Å². The van der Waals surface area contributed by atoms with Gasteiger partial charge in [0.25, 0.3) is 0 Å². The first kappa shape index (κ1) is 16.9. The van der Waals surface area contributed by atoms with Crippen molar-refractivity contribution in [2.45, 2.75) is 12.2 Å². The average Bonchev–Trinajstić information content (AvgIpc) is 2.45. The first-order valence-corrected chi connectivity index (χ1v) is 8.55. The van der Waals surface area contributed by atoms with Gasteiger partial charge in [-0.25, -0.2) is 21.9 Å². The number of rotatable bonds is 6. The lowest BCUT2D eigenvalue weighted by Crippen LogP contribution is -2.27. The highest BCUT2D eigenvalue weighted by atomic mass is 35.5. The van der Waals surface area contributed by atoms with Crippen molar-refractivity contribution >= 4 is 21.6 Å². The van der Waals surface area contributed by atoms with Crippen molar-refractivity contribution in [2.24, 2.45) is 0 Å². The molecule has 22 heavy (non-hydrogen) atoms. The third-order valence-electron chi connectivity index (χ3n) is 3.03. The summed E-state index contributed by atoms with van der Waals surface area (Å²) in [5, 5.41) is 0.365. The van der Waals surface area contributed by atoms with Gasteiger partial charge in [0.05, 0.1) is 5.75 Å². The molecule has 0 aliphatic rings. The van der Waals surface area contributed by atoms with Crippen LogP contribution in [0.4, 0.5) is 8.78 Å². The van der Waals surface area contributed by atoms with E-state index in [1.54, 1.807) is 24.3 Å². The van der Waals surface area contributed by atoms with Crippen LogP contribution >= 0.6 is 11.6 Å². The van der Waals surface area contributed by atoms with Gasteiger partial charge < -0.3 is 0 Å². The molecule has 118 valence electrons. The first-order chi connectivity index (χ1) is 10.4. The van der Waals surface area contributed by atoms with Crippen LogP contribution in [0.3, 0.4) is 0 Å². The summed E-state index contributed by atoms with van der Waals surface area (Å²) in [4.78, 5) is 0. The molecule has 2 aromatic rings. The Morgan fingerprint density at radius 2 is 1.77 bits per heavy atom. The Morgan fingerprint density at radius 1 is 1.05 bits per heavy atom. The number of benzene rings is 2. The highest BCUT2D eigenvalue weighted by Crippen LogP contribution is 2.17. The quantitative estimate of drug-likeness (QED) is 0.873. The van der Waals surface area contributed by atoms with Crippen LogP contribution in [0.5, 0.6) is 0 Å². The second kappa shape index (κ2) is 7.17. The maximum absolute atomic E-state index is 13.4. The van der Waals surface area contributed by atoms with Gasteiger partial charge in [-0.2, -0.15) is 0 Å². The second-order valence-corrected chi connectivity index (χ2v) is 6.94. The van der Waals surface area contributed by atoms with Gasteiger partial charge >= 0.3 is 0 Å². The Morgan fingerprint density at radius 3 is 2.50 bits per heavy atom. The summed E-state index contributed by atoms with van der Waals surface area (Å²) in [5.41, 5.74) is 0.606. The van der Waals surface area contributed by atoms with Gasteiger partial charge in [0.1, 0.15) is 11.6 Å². The highest BCUT2D eigenvalue weighted by molar-refractivity contribution is 7.88. The largest absolute Gasteiger partial charge is 0.215 e. The van der Waals surface area contributed by atoms with Crippen molar-refractivity contribution in [3.63, 3.8) is 0 Å². The molecule has 2 aromatic carbocycles. The molecule has 0 bridgehead atoms. The monoisotopic (exact) mass is 345 g/mol. The minimum absolute atomic E-state index is 0.0207. The molecule has 0 aliphatic carbocycles. The molecule has 7 heteroatoms. The lowest BCUT2D eigenvalue weighted by molar-refractivity contribution is 0.572. The Bertz CT molecular complexity index is 766. The molecule has 0 amide bonds. The Kier molecular flexibility index (Phi) is 5.50. The predicted octanol–water partition coefficient (Wildman–Crippen LogP) is 3.28. The number of halogens is 3. The lowest BCUT2D eigenvalue weighted by Gasteiger charge is -2.08. The summed E-state index contributed by atoms with van der Waals surface area (Å²) in [6.45, 7) is -0.0207. The smallest absolute Gasteiger partial charge is 0.215 e. The molecule has 0 spiro atoms. The maximum Gasteiger partial charge on any atom is 0.215 e. The fourth-order valence-corrected chi connectivity index (χ4v) is 3.41. The standard InChI is InChI=1S/C15H14ClF2NO2S/c16-14-4-2-1-3-12(14)10-22(20,21)19-8-7-11-9-13(17)5-6-15(11)18/h1-6,9,19H,7-8,10H2. The number of nitrogens with one attached hydrogen (secondary N) is 1. The summed E-state index contributed by atoms with van der Waals surface area (Å²) >= 11 is 5.91. The molecule has 0 radical (unpaired) electrons. The SMILES string of the molecule is O=S(=O)(Cc1ccccc1Cl)NCCc1cc(F)ccc1F. The van der Waals surface area contributed by atoms with Crippen molar-refractivity contribution < 1.29 is 17.2 Å². The van der Waals surface area contributed by atoms with Crippen LogP contribution in [-0.2, 0) is 22.2 Å². The van der Waals surface area contributed by atoms with Gasteiger partial charge in [-0.3, -0.25) is 0 Å². The molecule has 2 rings (SSSR count). The van der Waals surface area contributed by atoms with Crippen LogP contribution in [-0.4, -0.2) is 15.0 Å². The van der Waals surface area contributed by atoms with Crippen LogP contribution in [0, 0.1) is 11.6 Å². The van der Waals surface area contributed by atoms with E-state index >= 15 is 0 Å². The summed E-state index contributed by atoms with van der Waals surface area (Å²) < 4.78 is 52.7. The van der Waals surface area contributed by atoms with Crippen LogP contribution in [0.15, 0.2) is 42.5 Å². The Labute approximate surface area is 133 Å². The average molecular weight is 346 g/mol. The van der Waals surface area contributed by atoms with E-state index < -0.39 is 21.7 Å². The van der Waals surface area contributed by atoms with Crippen LogP contribution in [0.1, 0.15) is 11.1 Å². The third kappa shape index (κ3) is 4.76. The summed E-state index contributed by atoms with van der Waals surface area (Å²) in [6, 6.07) is 9.71. The van der Waals surface area contributed by atoms with Crippen LogP contribution in [0.2, 0.25) is 5.02 Å². The summed E-state index contributed by atoms with van der Waals surface area (Å²) in [7, 11) is -3.60. The number of sulfonamides is 1. The van der Waals surface area contributed by atoms with Crippen LogP contribution in [0.25, 0.3) is 0 Å². The van der Waals surface area contributed by atoms with E-state index in [0.29, 0.717) is 10.6 Å². The molecule has 0 atom stereocenters. The number of hydrogen-bond donors (Lipinski definition) is 1. The van der Waals surface area contributed by atoms with Gasteiger partial charge in [-0.1, -0.05) is 29.8 Å². The molecule has 0 fully saturated rings. The van der Waals surface area contributed by atoms with Crippen molar-refractivity contribution in [2.75, 3.05) is 6.54 Å². The zero-order valence-electron chi connectivity index (χ0n) is 11.5. The molecule has 3 nitrogen and oxygen atoms in total. The Hall–Kier alpha value is -1.50. The van der Waals surface area contributed by atoms with Gasteiger partial charge in [-0.05, 0) is 41.8 Å². The van der Waals surface area contributed by atoms with Crippen LogP contribution < -0.4 is 4.72 Å². The molecule has 1 N–H and O–H groups in total.